The van der Waals surface area contributed by atoms with E-state index in [0.29, 0.717) is 11.8 Å². The fourth-order valence-corrected chi connectivity index (χ4v) is 12.8. The Morgan fingerprint density at radius 2 is 0.851 bits per heavy atom. The molecule has 3 aliphatic rings. The van der Waals surface area contributed by atoms with Gasteiger partial charge < -0.3 is 14.5 Å². The van der Waals surface area contributed by atoms with Gasteiger partial charge in [-0.25, -0.2) is 9.98 Å². The zero-order valence-electron chi connectivity index (χ0n) is 40.2. The Kier molecular flexibility index (Phi) is 8.86. The van der Waals surface area contributed by atoms with Crippen molar-refractivity contribution in [3.8, 4) is 27.9 Å². The lowest BCUT2D eigenvalue weighted by atomic mass is 9.70. The maximum Gasteiger partial charge on any atom is 0.204 e. The Balaban J connectivity index is 0.875. The van der Waals surface area contributed by atoms with Crippen molar-refractivity contribution in [3.63, 3.8) is 0 Å². The second-order valence-corrected chi connectivity index (χ2v) is 20.0. The Hall–Kier alpha value is -9.58. The highest BCUT2D eigenvalue weighted by molar-refractivity contribution is 6.26. The summed E-state index contributed by atoms with van der Waals surface area (Å²) in [5.74, 6) is 2.05. The van der Waals surface area contributed by atoms with Crippen LogP contribution < -0.4 is 5.32 Å². The van der Waals surface area contributed by atoms with Crippen molar-refractivity contribution >= 4 is 87.6 Å². The Labute approximate surface area is 427 Å². The zero-order valence-corrected chi connectivity index (χ0v) is 40.2. The second-order valence-electron chi connectivity index (χ2n) is 20.0. The highest BCUT2D eigenvalue weighted by Crippen LogP contribution is 2.50. The number of amidine groups is 2. The van der Waals surface area contributed by atoms with Gasteiger partial charge in [-0.1, -0.05) is 188 Å². The predicted molar refractivity (Wildman–Crippen MR) is 309 cm³/mol. The minimum atomic E-state index is -0.519. The van der Waals surface area contributed by atoms with E-state index in [4.69, 9.17) is 9.98 Å². The predicted octanol–water partition coefficient (Wildman–Crippen LogP) is 16.9. The number of nitrogens with one attached hydrogen (secondary N) is 1. The second kappa shape index (κ2) is 16.0. The summed E-state index contributed by atoms with van der Waals surface area (Å²) in [5.41, 5.74) is 15.3. The Morgan fingerprint density at radius 3 is 1.58 bits per heavy atom. The van der Waals surface area contributed by atoms with Gasteiger partial charge in [0, 0.05) is 50.2 Å². The third-order valence-corrected chi connectivity index (χ3v) is 16.1. The van der Waals surface area contributed by atoms with Gasteiger partial charge in [0.1, 0.15) is 5.84 Å². The summed E-state index contributed by atoms with van der Waals surface area (Å²) in [4.78, 5) is 11.1. The quantitative estimate of drug-likeness (QED) is 0.172. The molecule has 0 saturated carbocycles. The minimum absolute atomic E-state index is 0.271. The first-order valence-electron chi connectivity index (χ1n) is 25.7. The largest absolute Gasteiger partial charge is 0.331 e. The van der Waals surface area contributed by atoms with Crippen molar-refractivity contribution < 1.29 is 0 Å². The highest BCUT2D eigenvalue weighted by Gasteiger charge is 2.33. The van der Waals surface area contributed by atoms with E-state index in [0.717, 1.165) is 39.2 Å². The van der Waals surface area contributed by atoms with E-state index < -0.39 is 6.29 Å². The first kappa shape index (κ1) is 41.1. The molecule has 0 fully saturated rings. The van der Waals surface area contributed by atoms with Gasteiger partial charge in [0.15, 0.2) is 5.84 Å². The van der Waals surface area contributed by atoms with Gasteiger partial charge in [0.2, 0.25) is 6.29 Å². The number of benzene rings is 11. The minimum Gasteiger partial charge on any atom is -0.331 e. The van der Waals surface area contributed by atoms with Crippen molar-refractivity contribution in [2.45, 2.75) is 18.1 Å². The molecule has 16 rings (SSSR count). The summed E-state index contributed by atoms with van der Waals surface area (Å²) in [7, 11) is 0. The highest BCUT2D eigenvalue weighted by atomic mass is 15.3. The maximum absolute atomic E-state index is 5.63. The summed E-state index contributed by atoms with van der Waals surface area (Å²) >= 11 is 0. The number of hydrogen-bond donors (Lipinski definition) is 1. The van der Waals surface area contributed by atoms with Crippen molar-refractivity contribution in [1.29, 1.82) is 0 Å². The van der Waals surface area contributed by atoms with Crippen LogP contribution in [-0.4, -0.2) is 20.8 Å². The van der Waals surface area contributed by atoms with Crippen LogP contribution in [0.4, 0.5) is 0 Å². The lowest BCUT2D eigenvalue weighted by Gasteiger charge is -2.34. The SMILES string of the molecule is C1=CC2c3ccccc3-c3cc(C4=NC(c5ccc6c7ccccc7c7ccccc7c6c5)=NC(n5c6ccccc6c6cc(-c7ccc8c(c7)c7ccccc7n8-c7ccccc7)ccc65)N4)ccc3C2C=C1. The molecule has 0 spiro atoms. The summed E-state index contributed by atoms with van der Waals surface area (Å²) in [6.45, 7) is 0. The van der Waals surface area contributed by atoms with Crippen molar-refractivity contribution in [3.05, 3.63) is 271 Å². The van der Waals surface area contributed by atoms with Crippen LogP contribution in [0.25, 0.3) is 104 Å². The molecule has 346 valence electrons. The maximum atomic E-state index is 5.63. The lowest BCUT2D eigenvalue weighted by molar-refractivity contribution is 0.516. The van der Waals surface area contributed by atoms with Crippen LogP contribution in [0.1, 0.15) is 40.4 Å². The number of para-hydroxylation sites is 3. The smallest absolute Gasteiger partial charge is 0.204 e. The first-order chi connectivity index (χ1) is 36.7. The van der Waals surface area contributed by atoms with E-state index in [1.54, 1.807) is 0 Å². The molecule has 2 aromatic heterocycles. The summed E-state index contributed by atoms with van der Waals surface area (Å²) in [5, 5.41) is 16.1. The molecule has 5 nitrogen and oxygen atoms in total. The summed E-state index contributed by atoms with van der Waals surface area (Å²) < 4.78 is 4.75. The summed E-state index contributed by atoms with van der Waals surface area (Å²) in [6.07, 6.45) is 8.59. The molecular formula is C69H45N5. The molecule has 3 unspecified atom stereocenters. The van der Waals surface area contributed by atoms with Crippen LogP contribution in [0, 0.1) is 0 Å². The zero-order chi connectivity index (χ0) is 48.4. The van der Waals surface area contributed by atoms with Gasteiger partial charge in [-0.3, -0.25) is 0 Å². The van der Waals surface area contributed by atoms with E-state index >= 15 is 0 Å². The van der Waals surface area contributed by atoms with E-state index in [2.05, 4.69) is 263 Å². The number of nitrogens with zero attached hydrogens (tertiary/aromatic N) is 4. The van der Waals surface area contributed by atoms with E-state index in [-0.39, 0.29) is 5.92 Å². The lowest BCUT2D eigenvalue weighted by Crippen LogP contribution is -2.36. The molecule has 2 aliphatic carbocycles. The van der Waals surface area contributed by atoms with Gasteiger partial charge in [-0.05, 0) is 126 Å². The van der Waals surface area contributed by atoms with Crippen molar-refractivity contribution in [2.24, 2.45) is 9.98 Å². The molecule has 0 bridgehead atoms. The molecule has 13 aromatic rings. The van der Waals surface area contributed by atoms with Gasteiger partial charge >= 0.3 is 0 Å². The van der Waals surface area contributed by atoms with Crippen molar-refractivity contribution in [1.82, 2.24) is 14.5 Å². The average molecular weight is 944 g/mol. The third kappa shape index (κ3) is 6.10. The number of hydrogen-bond acceptors (Lipinski definition) is 3. The number of rotatable bonds is 5. The average Bonchev–Trinajstić information content (AvgIpc) is 4.00. The molecule has 11 aromatic carbocycles. The molecule has 1 aliphatic heterocycles. The number of aromatic nitrogens is 2. The molecule has 5 heteroatoms. The van der Waals surface area contributed by atoms with Crippen LogP contribution in [0.5, 0.6) is 0 Å². The fraction of sp³-hybridized carbons (Fsp3) is 0.0435. The monoisotopic (exact) mass is 943 g/mol. The molecule has 74 heavy (non-hydrogen) atoms. The third-order valence-electron chi connectivity index (χ3n) is 16.1. The Bertz CT molecular complexity index is 4620. The van der Waals surface area contributed by atoms with Gasteiger partial charge in [0.25, 0.3) is 0 Å². The molecule has 3 heterocycles. The van der Waals surface area contributed by atoms with E-state index in [1.807, 2.05) is 0 Å². The normalized spacial score (nSPS) is 16.9. The van der Waals surface area contributed by atoms with Crippen LogP contribution in [0.2, 0.25) is 0 Å². The topological polar surface area (TPSA) is 46.6 Å². The van der Waals surface area contributed by atoms with Crippen LogP contribution >= 0.6 is 0 Å². The molecular weight excluding hydrogens is 899 g/mol. The molecule has 3 atom stereocenters. The number of fused-ring (bicyclic) bond motifs is 18. The van der Waals surface area contributed by atoms with Gasteiger partial charge in [-0.15, -0.1) is 0 Å². The molecule has 0 saturated heterocycles. The number of aliphatic imine (C=N–C) groups is 2. The fourth-order valence-electron chi connectivity index (χ4n) is 12.8. The van der Waals surface area contributed by atoms with Crippen LogP contribution in [-0.2, 0) is 0 Å². The first-order valence-corrected chi connectivity index (χ1v) is 25.7. The van der Waals surface area contributed by atoms with E-state index in [9.17, 15) is 0 Å². The molecule has 0 radical (unpaired) electrons. The Morgan fingerprint density at radius 1 is 0.351 bits per heavy atom. The standard InChI is InChI=1S/C69H45N5/c1-2-16-46(17-3-1)73-63-28-14-12-26-57(63)61-38-42(32-36-65(61)73)43-33-37-66-62(39-43)58-27-13-15-29-64(58)74(66)69-71-67(44-30-34-55-51-22-6-4-18-47(51)49-20-8-10-24-53(49)59(55)40-44)70-68(72-69)45-31-35-56-52-23-7-5-19-48(52)50-21-9-11-25-54(50)60(56)41-45/h1-41,47,51,69H,(H,70,71,72). The van der Waals surface area contributed by atoms with Crippen LogP contribution in [0.15, 0.2) is 259 Å². The van der Waals surface area contributed by atoms with Crippen LogP contribution in [0.3, 0.4) is 0 Å². The number of allylic oxidation sites excluding steroid dienone is 4. The van der Waals surface area contributed by atoms with Gasteiger partial charge in [0.05, 0.1) is 22.1 Å². The molecule has 0 amide bonds. The van der Waals surface area contributed by atoms with Crippen molar-refractivity contribution in [2.75, 3.05) is 0 Å². The van der Waals surface area contributed by atoms with Gasteiger partial charge in [-0.2, -0.15) is 0 Å². The molecule has 1 N–H and O–H groups in total. The summed E-state index contributed by atoms with van der Waals surface area (Å²) in [6, 6.07) is 82.2. The van der Waals surface area contributed by atoms with E-state index in [1.165, 1.54) is 92.7 Å².